The quantitative estimate of drug-likeness (QED) is 0.859. The molecule has 1 aromatic rings. The van der Waals surface area contributed by atoms with Gasteiger partial charge in [-0.1, -0.05) is 0 Å². The maximum Gasteiger partial charge on any atom is 0.143 e. The van der Waals surface area contributed by atoms with Gasteiger partial charge in [-0.2, -0.15) is 0 Å². The van der Waals surface area contributed by atoms with Gasteiger partial charge in [0.05, 0.1) is 12.8 Å². The zero-order valence-corrected chi connectivity index (χ0v) is 14.7. The average Bonchev–Trinajstić information content (AvgIpc) is 3.06. The van der Waals surface area contributed by atoms with Crippen molar-refractivity contribution in [3.8, 4) is 5.75 Å². The summed E-state index contributed by atoms with van der Waals surface area (Å²) in [6.07, 6.45) is 3.79. The van der Waals surface area contributed by atoms with Crippen molar-refractivity contribution in [2.45, 2.75) is 31.3 Å². The summed E-state index contributed by atoms with van der Waals surface area (Å²) in [5, 5.41) is 0. The maximum atomic E-state index is 5.92. The fraction of sp³-hybridized carbons (Fsp3) is 0.667. The Morgan fingerprint density at radius 3 is 2.48 bits per heavy atom. The second-order valence-corrected chi connectivity index (χ2v) is 7.05. The number of anilines is 2. The molecule has 1 unspecified atom stereocenters. The number of rotatable bonds is 4. The molecule has 5 heteroatoms. The minimum absolute atomic E-state index is 0.706. The number of benzene rings is 1. The third-order valence-electron chi connectivity index (χ3n) is 5.49. The summed E-state index contributed by atoms with van der Waals surface area (Å²) < 4.78 is 5.35. The molecule has 0 saturated carbocycles. The summed E-state index contributed by atoms with van der Waals surface area (Å²) in [5.74, 6) is 0.776. The molecular weight excluding hydrogens is 288 g/mol. The first kappa shape index (κ1) is 16.4. The van der Waals surface area contributed by atoms with E-state index in [-0.39, 0.29) is 0 Å². The molecule has 128 valence electrons. The number of nitrogens with two attached hydrogens (primary N) is 1. The Kier molecular flexibility index (Phi) is 4.97. The van der Waals surface area contributed by atoms with Crippen LogP contribution in [-0.2, 0) is 0 Å². The zero-order chi connectivity index (χ0) is 16.4. The van der Waals surface area contributed by atoms with Crippen LogP contribution < -0.4 is 15.4 Å². The molecule has 0 amide bonds. The highest BCUT2D eigenvalue weighted by molar-refractivity contribution is 5.62. The standard InChI is InChI=1S/C18H30N4O/c1-20(2)16-8-11-22(13-16)14-6-9-21(10-7-14)15-4-5-17(19)18(12-15)23-3/h4-5,12,14,16H,6-11,13,19H2,1-3H3. The van der Waals surface area contributed by atoms with Gasteiger partial charge < -0.3 is 20.3 Å². The van der Waals surface area contributed by atoms with Crippen molar-refractivity contribution in [1.82, 2.24) is 9.80 Å². The molecule has 0 aliphatic carbocycles. The normalized spacial score (nSPS) is 23.7. The van der Waals surface area contributed by atoms with Gasteiger partial charge in [-0.25, -0.2) is 0 Å². The van der Waals surface area contributed by atoms with E-state index in [1.165, 1.54) is 38.0 Å². The molecule has 1 atom stereocenters. The SMILES string of the molecule is COc1cc(N2CCC(N3CCC(N(C)C)C3)CC2)ccc1N. The summed E-state index contributed by atoms with van der Waals surface area (Å²) in [4.78, 5) is 7.53. The Morgan fingerprint density at radius 2 is 1.87 bits per heavy atom. The highest BCUT2D eigenvalue weighted by Gasteiger charge is 2.31. The van der Waals surface area contributed by atoms with Crippen molar-refractivity contribution in [3.63, 3.8) is 0 Å². The molecule has 0 radical (unpaired) electrons. The molecule has 3 rings (SSSR count). The predicted octanol–water partition coefficient (Wildman–Crippen LogP) is 1.88. The van der Waals surface area contributed by atoms with Crippen molar-refractivity contribution < 1.29 is 4.74 Å². The van der Waals surface area contributed by atoms with E-state index in [0.29, 0.717) is 5.69 Å². The van der Waals surface area contributed by atoms with Crippen molar-refractivity contribution in [2.75, 3.05) is 58.0 Å². The predicted molar refractivity (Wildman–Crippen MR) is 96.3 cm³/mol. The molecule has 2 aliphatic rings. The van der Waals surface area contributed by atoms with E-state index in [0.717, 1.165) is 30.9 Å². The summed E-state index contributed by atoms with van der Waals surface area (Å²) >= 11 is 0. The third-order valence-corrected chi connectivity index (χ3v) is 5.49. The molecule has 23 heavy (non-hydrogen) atoms. The topological polar surface area (TPSA) is 45.0 Å². The highest BCUT2D eigenvalue weighted by atomic mass is 16.5. The Bertz CT molecular complexity index is 526. The number of nitrogen functional groups attached to an aromatic ring is 1. The lowest BCUT2D eigenvalue weighted by Gasteiger charge is -2.38. The molecule has 0 spiro atoms. The van der Waals surface area contributed by atoms with Gasteiger partial charge in [-0.15, -0.1) is 0 Å². The van der Waals surface area contributed by atoms with Crippen LogP contribution >= 0.6 is 0 Å². The second-order valence-electron chi connectivity index (χ2n) is 7.05. The molecule has 2 N–H and O–H groups in total. The lowest BCUT2D eigenvalue weighted by Crippen LogP contribution is -2.45. The van der Waals surface area contributed by atoms with E-state index in [1.54, 1.807) is 7.11 Å². The molecule has 2 fully saturated rings. The van der Waals surface area contributed by atoms with E-state index in [2.05, 4.69) is 40.9 Å². The van der Waals surface area contributed by atoms with E-state index in [9.17, 15) is 0 Å². The first-order valence-electron chi connectivity index (χ1n) is 8.67. The van der Waals surface area contributed by atoms with Crippen LogP contribution in [0, 0.1) is 0 Å². The summed E-state index contributed by atoms with van der Waals surface area (Å²) in [6.45, 7) is 4.71. The summed E-state index contributed by atoms with van der Waals surface area (Å²) in [6, 6.07) is 7.59. The van der Waals surface area contributed by atoms with E-state index >= 15 is 0 Å². The van der Waals surface area contributed by atoms with Crippen molar-refractivity contribution >= 4 is 11.4 Å². The van der Waals surface area contributed by atoms with Crippen LogP contribution in [0.15, 0.2) is 18.2 Å². The molecular formula is C18H30N4O. The van der Waals surface area contributed by atoms with Crippen LogP contribution in [0.5, 0.6) is 5.75 Å². The number of methoxy groups -OCH3 is 1. The van der Waals surface area contributed by atoms with E-state index < -0.39 is 0 Å². The average molecular weight is 318 g/mol. The first-order valence-corrected chi connectivity index (χ1v) is 8.67. The smallest absolute Gasteiger partial charge is 0.143 e. The highest BCUT2D eigenvalue weighted by Crippen LogP contribution is 2.30. The number of piperidine rings is 1. The minimum atomic E-state index is 0.706. The molecule has 0 bridgehead atoms. The van der Waals surface area contributed by atoms with Crippen LogP contribution in [-0.4, -0.2) is 69.3 Å². The molecule has 1 aromatic carbocycles. The zero-order valence-electron chi connectivity index (χ0n) is 14.7. The number of hydrogen-bond donors (Lipinski definition) is 1. The Hall–Kier alpha value is -1.46. The molecule has 2 heterocycles. The van der Waals surface area contributed by atoms with E-state index in [1.807, 2.05) is 6.07 Å². The molecule has 2 saturated heterocycles. The van der Waals surface area contributed by atoms with Crippen LogP contribution in [0.25, 0.3) is 0 Å². The summed E-state index contributed by atoms with van der Waals surface area (Å²) in [5.41, 5.74) is 7.85. The fourth-order valence-corrected chi connectivity index (χ4v) is 3.91. The Labute approximate surface area is 140 Å². The van der Waals surface area contributed by atoms with Gasteiger partial charge in [0.25, 0.3) is 0 Å². The van der Waals surface area contributed by atoms with Crippen LogP contribution in [0.3, 0.4) is 0 Å². The number of hydrogen-bond acceptors (Lipinski definition) is 5. The Balaban J connectivity index is 1.56. The third kappa shape index (κ3) is 3.56. The van der Waals surface area contributed by atoms with Gasteiger partial charge in [-0.3, -0.25) is 4.90 Å². The lowest BCUT2D eigenvalue weighted by molar-refractivity contribution is 0.189. The summed E-state index contributed by atoms with van der Waals surface area (Å²) in [7, 11) is 6.08. The monoisotopic (exact) mass is 318 g/mol. The molecule has 0 aromatic heterocycles. The van der Waals surface area contributed by atoms with Crippen molar-refractivity contribution in [3.05, 3.63) is 18.2 Å². The van der Waals surface area contributed by atoms with E-state index in [4.69, 9.17) is 10.5 Å². The molecule has 5 nitrogen and oxygen atoms in total. The van der Waals surface area contributed by atoms with Crippen molar-refractivity contribution in [2.24, 2.45) is 0 Å². The van der Waals surface area contributed by atoms with Gasteiger partial charge in [0, 0.05) is 50.0 Å². The van der Waals surface area contributed by atoms with Crippen LogP contribution in [0.1, 0.15) is 19.3 Å². The van der Waals surface area contributed by atoms with Crippen LogP contribution in [0.2, 0.25) is 0 Å². The van der Waals surface area contributed by atoms with Gasteiger partial charge in [0.15, 0.2) is 0 Å². The number of ether oxygens (including phenoxy) is 1. The number of nitrogens with zero attached hydrogens (tertiary/aromatic N) is 3. The van der Waals surface area contributed by atoms with Gasteiger partial charge in [0.1, 0.15) is 5.75 Å². The lowest BCUT2D eigenvalue weighted by atomic mass is 10.0. The maximum absolute atomic E-state index is 5.92. The molecule has 2 aliphatic heterocycles. The Morgan fingerprint density at radius 1 is 1.13 bits per heavy atom. The van der Waals surface area contributed by atoms with Crippen LogP contribution in [0.4, 0.5) is 11.4 Å². The van der Waals surface area contributed by atoms with Gasteiger partial charge in [0.2, 0.25) is 0 Å². The van der Waals surface area contributed by atoms with Gasteiger partial charge in [-0.05, 0) is 45.5 Å². The fourth-order valence-electron chi connectivity index (χ4n) is 3.91. The minimum Gasteiger partial charge on any atom is -0.495 e. The van der Waals surface area contributed by atoms with Gasteiger partial charge >= 0.3 is 0 Å². The second kappa shape index (κ2) is 6.97. The number of likely N-dealkylation sites (tertiary alicyclic amines) is 1. The van der Waals surface area contributed by atoms with Crippen molar-refractivity contribution in [1.29, 1.82) is 0 Å². The first-order chi connectivity index (χ1) is 11.1. The largest absolute Gasteiger partial charge is 0.495 e. The number of likely N-dealkylation sites (N-methyl/N-ethyl adjacent to an activating group) is 1.